The van der Waals surface area contributed by atoms with Crippen LogP contribution >= 0.6 is 0 Å². The summed E-state index contributed by atoms with van der Waals surface area (Å²) in [7, 11) is 0.639. The van der Waals surface area contributed by atoms with Gasteiger partial charge < -0.3 is 9.29 Å². The van der Waals surface area contributed by atoms with Gasteiger partial charge in [0.1, 0.15) is 11.0 Å². The minimum atomic E-state index is -1.13. The molecule has 2 aromatic carbocycles. The summed E-state index contributed by atoms with van der Waals surface area (Å²) in [4.78, 5) is 12.4. The van der Waals surface area contributed by atoms with E-state index in [4.69, 9.17) is 0 Å². The Morgan fingerprint density at radius 1 is 1.12 bits per heavy atom. The zero-order valence-corrected chi connectivity index (χ0v) is 14.8. The summed E-state index contributed by atoms with van der Waals surface area (Å²) in [5.41, 5.74) is 3.97. The Morgan fingerprint density at radius 2 is 1.92 bits per heavy atom. The van der Waals surface area contributed by atoms with Gasteiger partial charge in [-0.15, -0.1) is 0 Å². The lowest BCUT2D eigenvalue weighted by Crippen LogP contribution is -2.16. The zero-order valence-electron chi connectivity index (χ0n) is 14.0. The van der Waals surface area contributed by atoms with Crippen LogP contribution in [0.3, 0.4) is 0 Å². The van der Waals surface area contributed by atoms with Gasteiger partial charge in [-0.1, -0.05) is 31.2 Å². The molecule has 1 aromatic heterocycles. The fourth-order valence-electron chi connectivity index (χ4n) is 2.88. The number of benzene rings is 2. The number of hydrogen-bond acceptors (Lipinski definition) is 2. The molecule has 0 aliphatic heterocycles. The highest BCUT2D eigenvalue weighted by Gasteiger charge is 2.10. The molecule has 5 heteroatoms. The van der Waals surface area contributed by atoms with Crippen molar-refractivity contribution in [3.8, 4) is 11.1 Å². The fourth-order valence-corrected chi connectivity index (χ4v) is 3.34. The number of pyridine rings is 1. The van der Waals surface area contributed by atoms with E-state index in [0.29, 0.717) is 5.39 Å². The van der Waals surface area contributed by atoms with Crippen LogP contribution in [0, 0.1) is 0 Å². The number of aromatic nitrogens is 1. The molecule has 1 heterocycles. The summed E-state index contributed by atoms with van der Waals surface area (Å²) < 4.78 is 15.9. The second-order valence-electron chi connectivity index (χ2n) is 5.83. The predicted molar refractivity (Wildman–Crippen MR) is 102 cm³/mol. The van der Waals surface area contributed by atoms with Gasteiger partial charge in [0, 0.05) is 36.1 Å². The smallest absolute Gasteiger partial charge is 0.258 e. The average molecular weight is 340 g/mol. The van der Waals surface area contributed by atoms with E-state index in [0.717, 1.165) is 28.6 Å². The number of rotatable bonds is 4. The first-order valence-electron chi connectivity index (χ1n) is 7.82. The van der Waals surface area contributed by atoms with E-state index < -0.39 is 11.0 Å². The van der Waals surface area contributed by atoms with Gasteiger partial charge in [-0.25, -0.2) is 4.21 Å². The van der Waals surface area contributed by atoms with Crippen LogP contribution in [0.15, 0.2) is 53.5 Å². The Morgan fingerprint density at radius 3 is 2.62 bits per heavy atom. The maximum Gasteiger partial charge on any atom is 0.258 e. The van der Waals surface area contributed by atoms with Crippen molar-refractivity contribution in [1.82, 2.24) is 4.57 Å². The van der Waals surface area contributed by atoms with Crippen LogP contribution in [0.2, 0.25) is 0 Å². The minimum Gasteiger partial charge on any atom is -0.317 e. The molecular weight excluding hydrogens is 320 g/mol. The van der Waals surface area contributed by atoms with Gasteiger partial charge in [0.05, 0.1) is 0 Å². The second kappa shape index (κ2) is 6.61. The van der Waals surface area contributed by atoms with Gasteiger partial charge in [-0.2, -0.15) is 0 Å². The molecule has 0 spiro atoms. The molecule has 0 aliphatic carbocycles. The summed E-state index contributed by atoms with van der Waals surface area (Å²) in [6.07, 6.45) is 4.38. The molecule has 0 radical (unpaired) electrons. The van der Waals surface area contributed by atoms with E-state index in [1.54, 1.807) is 17.9 Å². The van der Waals surface area contributed by atoms with E-state index in [1.165, 1.54) is 5.56 Å². The van der Waals surface area contributed by atoms with Crippen molar-refractivity contribution in [2.24, 2.45) is 7.05 Å². The summed E-state index contributed by atoms with van der Waals surface area (Å²) in [5, 5.41) is 1.66. The van der Waals surface area contributed by atoms with Gasteiger partial charge in [0.2, 0.25) is 0 Å². The third-order valence-electron chi connectivity index (χ3n) is 4.09. The highest BCUT2D eigenvalue weighted by Crippen LogP contribution is 2.29. The van der Waals surface area contributed by atoms with Crippen LogP contribution in [-0.4, -0.2) is 15.0 Å². The van der Waals surface area contributed by atoms with Gasteiger partial charge >= 0.3 is 0 Å². The van der Waals surface area contributed by atoms with Gasteiger partial charge in [0.15, 0.2) is 0 Å². The number of aryl methyl sites for hydroxylation is 2. The number of nitrogens with one attached hydrogen (secondary N) is 1. The van der Waals surface area contributed by atoms with Crippen LogP contribution in [-0.2, 0) is 24.5 Å². The van der Waals surface area contributed by atoms with E-state index in [-0.39, 0.29) is 5.56 Å². The van der Waals surface area contributed by atoms with Gasteiger partial charge in [-0.05, 0) is 41.1 Å². The standard InChI is InChI=1S/C19H20N2O2S/c1-4-13-8-9-16-17(10-13)18(12-21(2)19(16)22)14-6-5-7-15(11-14)20-24(3)23/h5-12,20H,4H2,1-3H3. The lowest BCUT2D eigenvalue weighted by molar-refractivity contribution is 0.690. The second-order valence-corrected chi connectivity index (χ2v) is 6.94. The summed E-state index contributed by atoms with van der Waals surface area (Å²) in [6, 6.07) is 13.8. The Bertz CT molecular complexity index is 992. The highest BCUT2D eigenvalue weighted by molar-refractivity contribution is 7.85. The molecule has 0 bridgehead atoms. The Balaban J connectivity index is 2.27. The molecule has 1 unspecified atom stereocenters. The molecular formula is C19H20N2O2S. The van der Waals surface area contributed by atoms with Crippen LogP contribution in [0.25, 0.3) is 21.9 Å². The molecule has 0 saturated carbocycles. The molecule has 124 valence electrons. The van der Waals surface area contributed by atoms with Crippen molar-refractivity contribution in [2.45, 2.75) is 13.3 Å². The van der Waals surface area contributed by atoms with E-state index in [2.05, 4.69) is 17.7 Å². The molecule has 0 fully saturated rings. The normalized spacial score (nSPS) is 12.3. The Kier molecular flexibility index (Phi) is 4.53. The van der Waals surface area contributed by atoms with Gasteiger partial charge in [0.25, 0.3) is 5.56 Å². The monoisotopic (exact) mass is 340 g/mol. The number of anilines is 1. The van der Waals surface area contributed by atoms with Crippen LogP contribution in [0.5, 0.6) is 0 Å². The van der Waals surface area contributed by atoms with Crippen molar-refractivity contribution >= 4 is 27.4 Å². The maximum atomic E-state index is 12.4. The molecule has 3 aromatic rings. The van der Waals surface area contributed by atoms with Crippen molar-refractivity contribution < 1.29 is 4.21 Å². The van der Waals surface area contributed by atoms with Crippen molar-refractivity contribution in [2.75, 3.05) is 11.0 Å². The lowest BCUT2D eigenvalue weighted by atomic mass is 9.98. The molecule has 1 N–H and O–H groups in total. The third kappa shape index (κ3) is 3.12. The largest absolute Gasteiger partial charge is 0.317 e. The molecule has 0 aliphatic rings. The quantitative estimate of drug-likeness (QED) is 0.790. The first kappa shape index (κ1) is 16.5. The molecule has 0 saturated heterocycles. The molecule has 24 heavy (non-hydrogen) atoms. The Labute approximate surface area is 143 Å². The van der Waals surface area contributed by atoms with Crippen LogP contribution < -0.4 is 10.3 Å². The van der Waals surface area contributed by atoms with Crippen molar-refractivity contribution in [1.29, 1.82) is 0 Å². The number of nitrogens with zero attached hydrogens (tertiary/aromatic N) is 1. The van der Waals surface area contributed by atoms with Crippen molar-refractivity contribution in [3.63, 3.8) is 0 Å². The highest BCUT2D eigenvalue weighted by atomic mass is 32.2. The molecule has 3 rings (SSSR count). The van der Waals surface area contributed by atoms with E-state index >= 15 is 0 Å². The summed E-state index contributed by atoms with van der Waals surface area (Å²) in [5.74, 6) is 0. The topological polar surface area (TPSA) is 51.1 Å². The average Bonchev–Trinajstić information content (AvgIpc) is 2.57. The predicted octanol–water partition coefficient (Wildman–Crippen LogP) is 3.47. The van der Waals surface area contributed by atoms with E-state index in [1.807, 2.05) is 42.6 Å². The maximum absolute atomic E-state index is 12.4. The third-order valence-corrected chi connectivity index (χ3v) is 4.61. The van der Waals surface area contributed by atoms with E-state index in [9.17, 15) is 9.00 Å². The zero-order chi connectivity index (χ0) is 17.3. The van der Waals surface area contributed by atoms with Crippen molar-refractivity contribution in [3.05, 3.63) is 64.6 Å². The molecule has 4 nitrogen and oxygen atoms in total. The Hall–Kier alpha value is -2.40. The number of fused-ring (bicyclic) bond motifs is 1. The first-order valence-corrected chi connectivity index (χ1v) is 9.38. The summed E-state index contributed by atoms with van der Waals surface area (Å²) >= 11 is 0. The van der Waals surface area contributed by atoms with Crippen LogP contribution in [0.1, 0.15) is 12.5 Å². The first-order chi connectivity index (χ1) is 11.5. The summed E-state index contributed by atoms with van der Waals surface area (Å²) in [6.45, 7) is 2.10. The fraction of sp³-hybridized carbons (Fsp3) is 0.211. The molecule has 1 atom stereocenters. The lowest BCUT2D eigenvalue weighted by Gasteiger charge is -2.12. The number of hydrogen-bond donors (Lipinski definition) is 1. The minimum absolute atomic E-state index is 0.000319. The van der Waals surface area contributed by atoms with Crippen LogP contribution in [0.4, 0.5) is 5.69 Å². The van der Waals surface area contributed by atoms with Gasteiger partial charge in [-0.3, -0.25) is 4.79 Å². The SMILES string of the molecule is CCc1ccc2c(=O)n(C)cc(-c3cccc(NS(C)=O)c3)c2c1. The molecule has 0 amide bonds.